The second kappa shape index (κ2) is 4.96. The molecule has 1 aromatic carbocycles. The van der Waals surface area contributed by atoms with E-state index < -0.39 is 0 Å². The highest BCUT2D eigenvalue weighted by Crippen LogP contribution is 2.25. The Kier molecular flexibility index (Phi) is 3.89. The van der Waals surface area contributed by atoms with Crippen LogP contribution in [0.1, 0.15) is 49.0 Å². The highest BCUT2D eigenvalue weighted by molar-refractivity contribution is 5.98. The van der Waals surface area contributed by atoms with Crippen molar-refractivity contribution >= 4 is 5.78 Å². The van der Waals surface area contributed by atoms with E-state index in [4.69, 9.17) is 4.74 Å². The van der Waals surface area contributed by atoms with E-state index in [0.29, 0.717) is 23.7 Å². The van der Waals surface area contributed by atoms with E-state index in [9.17, 15) is 4.79 Å². The Labute approximate surface area is 91.3 Å². The molecule has 0 radical (unpaired) electrons. The zero-order valence-electron chi connectivity index (χ0n) is 9.83. The molecule has 0 saturated heterocycles. The number of Topliss-reactive ketones (excluding diaryl/α,β-unsaturated/α-hetero) is 1. The SMILES string of the molecule is CCC(=O)c1ccc(C(C)C)cc1OC. The van der Waals surface area contributed by atoms with Crippen LogP contribution in [0.25, 0.3) is 0 Å². The van der Waals surface area contributed by atoms with E-state index >= 15 is 0 Å². The van der Waals surface area contributed by atoms with Crippen molar-refractivity contribution in [3.63, 3.8) is 0 Å². The summed E-state index contributed by atoms with van der Waals surface area (Å²) in [6, 6.07) is 5.81. The average molecular weight is 206 g/mol. The van der Waals surface area contributed by atoms with Crippen molar-refractivity contribution < 1.29 is 9.53 Å². The maximum absolute atomic E-state index is 11.6. The van der Waals surface area contributed by atoms with Crippen LogP contribution in [0.5, 0.6) is 5.75 Å². The molecule has 2 heteroatoms. The molecule has 82 valence electrons. The predicted octanol–water partition coefficient (Wildman–Crippen LogP) is 3.41. The summed E-state index contributed by atoms with van der Waals surface area (Å²) >= 11 is 0. The maximum Gasteiger partial charge on any atom is 0.166 e. The lowest BCUT2D eigenvalue weighted by Crippen LogP contribution is -2.01. The van der Waals surface area contributed by atoms with Gasteiger partial charge in [-0.1, -0.05) is 26.8 Å². The quantitative estimate of drug-likeness (QED) is 0.706. The second-order valence-corrected chi connectivity index (χ2v) is 3.89. The number of carbonyl (C=O) groups excluding carboxylic acids is 1. The summed E-state index contributed by atoms with van der Waals surface area (Å²) in [5, 5.41) is 0. The molecule has 15 heavy (non-hydrogen) atoms. The molecule has 0 heterocycles. The molecule has 0 N–H and O–H groups in total. The van der Waals surface area contributed by atoms with Gasteiger partial charge >= 0.3 is 0 Å². The Hall–Kier alpha value is -1.31. The first-order valence-electron chi connectivity index (χ1n) is 5.31. The van der Waals surface area contributed by atoms with Crippen LogP contribution >= 0.6 is 0 Å². The van der Waals surface area contributed by atoms with Gasteiger partial charge in [0.15, 0.2) is 5.78 Å². The molecule has 0 aliphatic heterocycles. The van der Waals surface area contributed by atoms with Gasteiger partial charge in [-0.25, -0.2) is 0 Å². The van der Waals surface area contributed by atoms with Crippen LogP contribution in [0.4, 0.5) is 0 Å². The van der Waals surface area contributed by atoms with Gasteiger partial charge in [0.25, 0.3) is 0 Å². The Morgan fingerprint density at radius 1 is 1.40 bits per heavy atom. The zero-order chi connectivity index (χ0) is 11.4. The third kappa shape index (κ3) is 2.58. The van der Waals surface area contributed by atoms with Gasteiger partial charge in [0.2, 0.25) is 0 Å². The first-order chi connectivity index (χ1) is 7.10. The molecule has 0 spiro atoms. The van der Waals surface area contributed by atoms with E-state index in [0.717, 1.165) is 0 Å². The number of carbonyl (C=O) groups is 1. The van der Waals surface area contributed by atoms with Crippen molar-refractivity contribution in [2.75, 3.05) is 7.11 Å². The third-order valence-electron chi connectivity index (χ3n) is 2.51. The molecular formula is C13H18O2. The van der Waals surface area contributed by atoms with E-state index in [1.165, 1.54) is 5.56 Å². The van der Waals surface area contributed by atoms with Gasteiger partial charge in [0.1, 0.15) is 5.75 Å². The Balaban J connectivity index is 3.15. The van der Waals surface area contributed by atoms with Gasteiger partial charge in [0.05, 0.1) is 12.7 Å². The lowest BCUT2D eigenvalue weighted by atomic mass is 9.99. The number of rotatable bonds is 4. The van der Waals surface area contributed by atoms with Crippen molar-refractivity contribution in [1.82, 2.24) is 0 Å². The van der Waals surface area contributed by atoms with Crippen molar-refractivity contribution in [2.24, 2.45) is 0 Å². The summed E-state index contributed by atoms with van der Waals surface area (Å²) in [4.78, 5) is 11.6. The number of ether oxygens (including phenoxy) is 1. The minimum Gasteiger partial charge on any atom is -0.496 e. The highest BCUT2D eigenvalue weighted by atomic mass is 16.5. The summed E-state index contributed by atoms with van der Waals surface area (Å²) in [6.45, 7) is 6.10. The van der Waals surface area contributed by atoms with Crippen LogP contribution in [0.15, 0.2) is 18.2 Å². The van der Waals surface area contributed by atoms with Crippen molar-refractivity contribution in [3.8, 4) is 5.75 Å². The summed E-state index contributed by atoms with van der Waals surface area (Å²) in [6.07, 6.45) is 0.511. The van der Waals surface area contributed by atoms with Crippen LogP contribution in [-0.2, 0) is 0 Å². The maximum atomic E-state index is 11.6. The van der Waals surface area contributed by atoms with Gasteiger partial charge < -0.3 is 4.74 Å². The minimum absolute atomic E-state index is 0.127. The normalized spacial score (nSPS) is 10.5. The molecule has 0 aromatic heterocycles. The number of methoxy groups -OCH3 is 1. The molecule has 1 rings (SSSR count). The highest BCUT2D eigenvalue weighted by Gasteiger charge is 2.11. The second-order valence-electron chi connectivity index (χ2n) is 3.89. The molecule has 0 atom stereocenters. The van der Waals surface area contributed by atoms with Gasteiger partial charge in [-0.15, -0.1) is 0 Å². The number of ketones is 1. The third-order valence-corrected chi connectivity index (χ3v) is 2.51. The first kappa shape index (κ1) is 11.8. The fourth-order valence-electron chi connectivity index (χ4n) is 1.49. The summed E-state index contributed by atoms with van der Waals surface area (Å²) < 4.78 is 5.24. The Morgan fingerprint density at radius 2 is 2.07 bits per heavy atom. The monoisotopic (exact) mass is 206 g/mol. The minimum atomic E-state index is 0.127. The molecular weight excluding hydrogens is 188 g/mol. The summed E-state index contributed by atoms with van der Waals surface area (Å²) in [5.74, 6) is 1.26. The van der Waals surface area contributed by atoms with Gasteiger partial charge in [-0.2, -0.15) is 0 Å². The average Bonchev–Trinajstić information content (AvgIpc) is 2.27. The topological polar surface area (TPSA) is 26.3 Å². The fraction of sp³-hybridized carbons (Fsp3) is 0.462. The number of benzene rings is 1. The molecule has 0 unspecified atom stereocenters. The molecule has 0 bridgehead atoms. The van der Waals surface area contributed by atoms with E-state index in [1.54, 1.807) is 7.11 Å². The molecule has 0 aliphatic carbocycles. The van der Waals surface area contributed by atoms with Crippen LogP contribution < -0.4 is 4.74 Å². The van der Waals surface area contributed by atoms with Crippen LogP contribution in [-0.4, -0.2) is 12.9 Å². The smallest absolute Gasteiger partial charge is 0.166 e. The number of hydrogen-bond donors (Lipinski definition) is 0. The molecule has 0 aliphatic rings. The van der Waals surface area contributed by atoms with Gasteiger partial charge in [-0.3, -0.25) is 4.79 Å². The van der Waals surface area contributed by atoms with Crippen molar-refractivity contribution in [2.45, 2.75) is 33.1 Å². The zero-order valence-corrected chi connectivity index (χ0v) is 9.83. The molecule has 0 saturated carbocycles. The Morgan fingerprint density at radius 3 is 2.53 bits per heavy atom. The summed E-state index contributed by atoms with van der Waals surface area (Å²) in [7, 11) is 1.60. The van der Waals surface area contributed by atoms with Gasteiger partial charge in [0, 0.05) is 6.42 Å². The first-order valence-corrected chi connectivity index (χ1v) is 5.31. The van der Waals surface area contributed by atoms with E-state index in [2.05, 4.69) is 13.8 Å². The van der Waals surface area contributed by atoms with Crippen LogP contribution in [0.2, 0.25) is 0 Å². The molecule has 0 fully saturated rings. The molecule has 1 aromatic rings. The number of hydrogen-bond acceptors (Lipinski definition) is 2. The van der Waals surface area contributed by atoms with Crippen molar-refractivity contribution in [3.05, 3.63) is 29.3 Å². The lowest BCUT2D eigenvalue weighted by Gasteiger charge is -2.11. The largest absolute Gasteiger partial charge is 0.496 e. The van der Waals surface area contributed by atoms with Crippen LogP contribution in [0, 0.1) is 0 Å². The van der Waals surface area contributed by atoms with Gasteiger partial charge in [-0.05, 0) is 23.6 Å². The lowest BCUT2D eigenvalue weighted by molar-refractivity contribution is 0.0985. The van der Waals surface area contributed by atoms with Crippen molar-refractivity contribution in [1.29, 1.82) is 0 Å². The van der Waals surface area contributed by atoms with E-state index in [-0.39, 0.29) is 5.78 Å². The fourth-order valence-corrected chi connectivity index (χ4v) is 1.49. The van der Waals surface area contributed by atoms with E-state index in [1.807, 2.05) is 25.1 Å². The molecule has 0 amide bonds. The standard InChI is InChI=1S/C13H18O2/c1-5-12(14)11-7-6-10(9(2)3)8-13(11)15-4/h6-9H,5H2,1-4H3. The predicted molar refractivity (Wildman–Crippen MR) is 61.7 cm³/mol. The Bertz CT molecular complexity index is 354. The summed E-state index contributed by atoms with van der Waals surface area (Å²) in [5.41, 5.74) is 1.88. The molecule has 2 nitrogen and oxygen atoms in total. The van der Waals surface area contributed by atoms with Crippen LogP contribution in [0.3, 0.4) is 0 Å².